The molecule has 3 heterocycles. The van der Waals surface area contributed by atoms with Crippen molar-refractivity contribution in [1.29, 1.82) is 0 Å². The average molecular weight is 452 g/mol. The zero-order valence-corrected chi connectivity index (χ0v) is 19.1. The first-order valence-corrected chi connectivity index (χ1v) is 12.1. The minimum Gasteiger partial charge on any atom is -0.338 e. The number of rotatable bonds is 3. The van der Waals surface area contributed by atoms with Crippen LogP contribution in [-0.4, -0.2) is 52.9 Å². The number of benzene rings is 1. The molecule has 7 heteroatoms. The normalized spacial score (nSPS) is 19.3. The summed E-state index contributed by atoms with van der Waals surface area (Å²) in [6, 6.07) is 6.01. The van der Waals surface area contributed by atoms with E-state index in [9.17, 15) is 4.79 Å². The van der Waals surface area contributed by atoms with Gasteiger partial charge in [0.2, 0.25) is 0 Å². The van der Waals surface area contributed by atoms with E-state index in [4.69, 9.17) is 23.2 Å². The number of likely N-dealkylation sites (tertiary alicyclic amines) is 2. The Morgan fingerprint density at radius 2 is 1.62 bits per heavy atom. The lowest BCUT2D eigenvalue weighted by Gasteiger charge is -2.38. The summed E-state index contributed by atoms with van der Waals surface area (Å²) in [6.07, 6.45) is 7.49. The SMILES string of the molecule is Cc1nc(-c2cc(Cl)cc(Cl)c2)sc1C(=O)N1CCC(N2CCCCCC2)CC1. The van der Waals surface area contributed by atoms with Crippen molar-refractivity contribution in [2.75, 3.05) is 26.2 Å². The minimum atomic E-state index is 0.105. The van der Waals surface area contributed by atoms with Crippen LogP contribution in [0.15, 0.2) is 18.2 Å². The predicted molar refractivity (Wildman–Crippen MR) is 121 cm³/mol. The second kappa shape index (κ2) is 9.34. The van der Waals surface area contributed by atoms with Gasteiger partial charge in [0.15, 0.2) is 0 Å². The van der Waals surface area contributed by atoms with Crippen molar-refractivity contribution in [3.05, 3.63) is 38.8 Å². The molecule has 0 saturated carbocycles. The van der Waals surface area contributed by atoms with Gasteiger partial charge in [-0.25, -0.2) is 4.98 Å². The zero-order valence-electron chi connectivity index (χ0n) is 16.8. The van der Waals surface area contributed by atoms with Crippen molar-refractivity contribution in [2.45, 2.75) is 51.5 Å². The lowest BCUT2D eigenvalue weighted by atomic mass is 10.0. The summed E-state index contributed by atoms with van der Waals surface area (Å²) in [7, 11) is 0. The zero-order chi connectivity index (χ0) is 20.4. The summed E-state index contributed by atoms with van der Waals surface area (Å²) >= 11 is 13.7. The van der Waals surface area contributed by atoms with Crippen molar-refractivity contribution < 1.29 is 4.79 Å². The Bertz CT molecular complexity index is 849. The van der Waals surface area contributed by atoms with Crippen LogP contribution in [-0.2, 0) is 0 Å². The quantitative estimate of drug-likeness (QED) is 0.581. The largest absolute Gasteiger partial charge is 0.338 e. The van der Waals surface area contributed by atoms with Gasteiger partial charge in [-0.05, 0) is 63.9 Å². The summed E-state index contributed by atoms with van der Waals surface area (Å²) < 4.78 is 0. The Kier molecular flexibility index (Phi) is 6.80. The number of carbonyl (C=O) groups is 1. The van der Waals surface area contributed by atoms with Gasteiger partial charge in [-0.15, -0.1) is 11.3 Å². The molecular weight excluding hydrogens is 425 g/mol. The first kappa shape index (κ1) is 21.1. The van der Waals surface area contributed by atoms with Crippen molar-refractivity contribution in [3.63, 3.8) is 0 Å². The maximum atomic E-state index is 13.2. The van der Waals surface area contributed by atoms with Gasteiger partial charge in [-0.1, -0.05) is 36.0 Å². The number of amides is 1. The van der Waals surface area contributed by atoms with E-state index in [1.165, 1.54) is 50.1 Å². The average Bonchev–Trinajstić information content (AvgIpc) is 2.90. The molecule has 29 heavy (non-hydrogen) atoms. The number of hydrogen-bond donors (Lipinski definition) is 0. The molecule has 0 bridgehead atoms. The molecule has 2 fully saturated rings. The Morgan fingerprint density at radius 1 is 1.00 bits per heavy atom. The molecule has 4 nitrogen and oxygen atoms in total. The number of carbonyl (C=O) groups excluding carboxylic acids is 1. The molecule has 0 N–H and O–H groups in total. The second-order valence-corrected chi connectivity index (χ2v) is 9.94. The van der Waals surface area contributed by atoms with Crippen LogP contribution in [0.3, 0.4) is 0 Å². The lowest BCUT2D eigenvalue weighted by molar-refractivity contribution is 0.0626. The summed E-state index contributed by atoms with van der Waals surface area (Å²) in [5, 5.41) is 1.93. The molecule has 1 aromatic heterocycles. The molecule has 0 atom stereocenters. The van der Waals surface area contributed by atoms with E-state index in [0.29, 0.717) is 16.1 Å². The molecule has 2 aliphatic rings. The molecule has 4 rings (SSSR count). The van der Waals surface area contributed by atoms with E-state index >= 15 is 0 Å². The highest BCUT2D eigenvalue weighted by Gasteiger charge is 2.29. The van der Waals surface area contributed by atoms with E-state index in [-0.39, 0.29) is 5.91 Å². The van der Waals surface area contributed by atoms with Gasteiger partial charge in [0.1, 0.15) is 9.88 Å². The van der Waals surface area contributed by atoms with Gasteiger partial charge in [0.25, 0.3) is 5.91 Å². The molecule has 156 valence electrons. The van der Waals surface area contributed by atoms with Gasteiger partial charge in [0.05, 0.1) is 5.69 Å². The molecule has 0 radical (unpaired) electrons. The van der Waals surface area contributed by atoms with Crippen LogP contribution in [0, 0.1) is 6.92 Å². The van der Waals surface area contributed by atoms with Crippen LogP contribution in [0.25, 0.3) is 10.6 Å². The summed E-state index contributed by atoms with van der Waals surface area (Å²) in [5.74, 6) is 0.105. The number of nitrogens with zero attached hydrogens (tertiary/aromatic N) is 3. The number of aromatic nitrogens is 1. The number of thiazole rings is 1. The maximum absolute atomic E-state index is 13.2. The minimum absolute atomic E-state index is 0.105. The third-order valence-electron chi connectivity index (χ3n) is 6.01. The van der Waals surface area contributed by atoms with E-state index in [1.807, 2.05) is 24.0 Å². The van der Waals surface area contributed by atoms with Crippen LogP contribution < -0.4 is 0 Å². The van der Waals surface area contributed by atoms with Crippen LogP contribution >= 0.6 is 34.5 Å². The first-order chi connectivity index (χ1) is 14.0. The Morgan fingerprint density at radius 3 is 2.24 bits per heavy atom. The summed E-state index contributed by atoms with van der Waals surface area (Å²) in [5.41, 5.74) is 1.63. The van der Waals surface area contributed by atoms with Crippen LogP contribution in [0.5, 0.6) is 0 Å². The van der Waals surface area contributed by atoms with Crippen LogP contribution in [0.2, 0.25) is 10.0 Å². The number of piperidine rings is 1. The molecule has 0 unspecified atom stereocenters. The highest BCUT2D eigenvalue weighted by Crippen LogP contribution is 2.33. The molecule has 1 amide bonds. The van der Waals surface area contributed by atoms with Gasteiger partial charge in [-0.2, -0.15) is 0 Å². The summed E-state index contributed by atoms with van der Waals surface area (Å²) in [4.78, 5) is 23.2. The van der Waals surface area contributed by atoms with E-state index < -0.39 is 0 Å². The second-order valence-electron chi connectivity index (χ2n) is 8.07. The van der Waals surface area contributed by atoms with Crippen LogP contribution in [0.1, 0.15) is 53.9 Å². The lowest BCUT2D eigenvalue weighted by Crippen LogP contribution is -2.47. The van der Waals surface area contributed by atoms with Crippen LogP contribution in [0.4, 0.5) is 0 Å². The Balaban J connectivity index is 1.43. The van der Waals surface area contributed by atoms with Gasteiger partial charge in [0, 0.05) is 34.7 Å². The van der Waals surface area contributed by atoms with E-state index in [2.05, 4.69) is 9.88 Å². The predicted octanol–water partition coefficient (Wildman–Crippen LogP) is 5.91. The van der Waals surface area contributed by atoms with Crippen molar-refractivity contribution in [1.82, 2.24) is 14.8 Å². The van der Waals surface area contributed by atoms with Gasteiger partial charge < -0.3 is 9.80 Å². The standard InChI is InChI=1S/C22H27Cl2N3OS/c1-15-20(29-21(25-15)16-12-17(23)14-18(24)13-16)22(28)27-10-6-19(7-11-27)26-8-4-2-3-5-9-26/h12-14,19H,2-11H2,1H3. The molecule has 2 saturated heterocycles. The first-order valence-electron chi connectivity index (χ1n) is 10.5. The topological polar surface area (TPSA) is 36.4 Å². The highest BCUT2D eigenvalue weighted by atomic mass is 35.5. The van der Waals surface area contributed by atoms with Gasteiger partial charge in [-0.3, -0.25) is 4.79 Å². The van der Waals surface area contributed by atoms with Crippen molar-refractivity contribution in [3.8, 4) is 10.6 Å². The monoisotopic (exact) mass is 451 g/mol. The maximum Gasteiger partial charge on any atom is 0.265 e. The van der Waals surface area contributed by atoms with Crippen molar-refractivity contribution >= 4 is 40.4 Å². The van der Waals surface area contributed by atoms with Gasteiger partial charge >= 0.3 is 0 Å². The smallest absolute Gasteiger partial charge is 0.265 e. The third-order valence-corrected chi connectivity index (χ3v) is 7.64. The third kappa shape index (κ3) is 4.96. The highest BCUT2D eigenvalue weighted by molar-refractivity contribution is 7.17. The molecule has 0 spiro atoms. The summed E-state index contributed by atoms with van der Waals surface area (Å²) in [6.45, 7) is 6.00. The van der Waals surface area contributed by atoms with E-state index in [1.54, 1.807) is 6.07 Å². The fraction of sp³-hybridized carbons (Fsp3) is 0.545. The number of halogens is 2. The van der Waals surface area contributed by atoms with Crippen molar-refractivity contribution in [2.24, 2.45) is 0 Å². The number of aryl methyl sites for hydroxylation is 1. The molecule has 0 aliphatic carbocycles. The molecule has 2 aromatic rings. The van der Waals surface area contributed by atoms with E-state index in [0.717, 1.165) is 47.1 Å². The molecular formula is C22H27Cl2N3OS. The number of hydrogen-bond acceptors (Lipinski definition) is 4. The molecule has 2 aliphatic heterocycles. The molecule has 1 aromatic carbocycles. The fourth-order valence-corrected chi connectivity index (χ4v) is 5.98. The Labute approximate surface area is 186 Å². The Hall–Kier alpha value is -1.14. The fourth-order valence-electron chi connectivity index (χ4n) is 4.43.